The van der Waals surface area contributed by atoms with E-state index in [2.05, 4.69) is 16.7 Å². The van der Waals surface area contributed by atoms with Crippen molar-refractivity contribution >= 4 is 74.2 Å². The number of fused-ring (bicyclic) bond motifs is 8. The summed E-state index contributed by atoms with van der Waals surface area (Å²) in [6, 6.07) is 26.5. The Bertz CT molecular complexity index is 3650. The minimum absolute atomic E-state index is 0.0392. The van der Waals surface area contributed by atoms with Crippen LogP contribution < -0.4 is 34.6 Å². The molecule has 0 aliphatic carbocycles. The minimum atomic E-state index is -4.45. The maximum atomic E-state index is 14.5. The first kappa shape index (κ1) is 59.7. The number of hydrogen-bond acceptors (Lipinski definition) is 13. The second-order valence-corrected chi connectivity index (χ2v) is 24.4. The number of benzene rings is 5. The summed E-state index contributed by atoms with van der Waals surface area (Å²) < 4.78 is 53.9. The second-order valence-electron chi connectivity index (χ2n) is 22.9. The highest BCUT2D eigenvalue weighted by atomic mass is 32.2. The summed E-state index contributed by atoms with van der Waals surface area (Å²) in [4.78, 5) is 109. The fourth-order valence-corrected chi connectivity index (χ4v) is 13.2. The van der Waals surface area contributed by atoms with Crippen LogP contribution in [0.3, 0.4) is 0 Å². The molecule has 5 aromatic rings. The van der Waals surface area contributed by atoms with Gasteiger partial charge < -0.3 is 34.6 Å². The average molecular weight is 1180 g/mol. The molecule has 0 saturated heterocycles. The number of hydrogen-bond donors (Lipinski definition) is 3. The van der Waals surface area contributed by atoms with Gasteiger partial charge >= 0.3 is 0 Å². The van der Waals surface area contributed by atoms with Gasteiger partial charge in [-0.1, -0.05) is 43.3 Å². The number of ether oxygens (including phenoxy) is 3. The van der Waals surface area contributed by atoms with Crippen molar-refractivity contribution in [2.75, 3.05) is 34.5 Å². The maximum absolute atomic E-state index is 14.5. The van der Waals surface area contributed by atoms with E-state index >= 15 is 0 Å². The third kappa shape index (κ3) is 13.6. The maximum Gasteiger partial charge on any atom is 0.265 e. The van der Waals surface area contributed by atoms with E-state index in [1.54, 1.807) is 43.0 Å². The van der Waals surface area contributed by atoms with Gasteiger partial charge in [-0.05, 0) is 159 Å². The summed E-state index contributed by atoms with van der Waals surface area (Å²) in [7, 11) is -3.00. The van der Waals surface area contributed by atoms with Gasteiger partial charge in [-0.2, -0.15) is 8.42 Å². The summed E-state index contributed by atoms with van der Waals surface area (Å²) in [5.41, 5.74) is 8.39. The number of rotatable bonds is 24. The van der Waals surface area contributed by atoms with E-state index in [0.29, 0.717) is 77.0 Å². The van der Waals surface area contributed by atoms with Crippen LogP contribution in [0.15, 0.2) is 103 Å². The topological polar surface area (TPSA) is 252 Å². The molecule has 5 aliphatic heterocycles. The first-order valence-corrected chi connectivity index (χ1v) is 30.5. The number of nitrogens with zero attached hydrogens (tertiary/aromatic N) is 3. The van der Waals surface area contributed by atoms with Crippen molar-refractivity contribution in [3.05, 3.63) is 153 Å². The number of unbranched alkanes of at least 4 members (excludes halogenated alkanes) is 1. The lowest BCUT2D eigenvalue weighted by Gasteiger charge is -2.28. The number of para-hydroxylation sites is 2. The van der Waals surface area contributed by atoms with E-state index in [9.17, 15) is 51.3 Å². The SMILES string of the molecule is COc1cc2c(cc1OCc1cc(COc3cc4c(cc3C)C(=O)N3c5ccccc5C[C@H]3CC4)cc(NC(=O)[C@H](C)CC(=O)[C@H](C)NC(=O)CCCCC(=O)CCCN3C(=O)C=CC3=O)c1)CC(CS(=O)(=O)O)[C@@H]1Cc3ccccc3N1C2=O. The molecule has 5 aromatic carbocycles. The molecule has 0 aromatic heterocycles. The highest BCUT2D eigenvalue weighted by molar-refractivity contribution is 7.85. The number of imide groups is 1. The molecule has 3 N–H and O–H groups in total. The molecule has 1 unspecified atom stereocenters. The molecule has 0 saturated carbocycles. The zero-order chi connectivity index (χ0) is 60.3. The molecule has 6 amide bonds. The molecule has 0 bridgehead atoms. The summed E-state index contributed by atoms with van der Waals surface area (Å²) in [5, 5.41) is 5.67. The molecule has 5 atom stereocenters. The number of carbonyl (C=O) groups excluding carboxylic acids is 8. The highest BCUT2D eigenvalue weighted by Gasteiger charge is 2.44. The number of carbonyl (C=O) groups is 8. The third-order valence-electron chi connectivity index (χ3n) is 16.7. The van der Waals surface area contributed by atoms with Gasteiger partial charge in [0.1, 0.15) is 24.7 Å². The summed E-state index contributed by atoms with van der Waals surface area (Å²) in [6.45, 7) is 5.18. The van der Waals surface area contributed by atoms with Crippen LogP contribution in [-0.2, 0) is 77.8 Å². The molecule has 20 heteroatoms. The van der Waals surface area contributed by atoms with Crippen LogP contribution in [0.1, 0.15) is 125 Å². The second kappa shape index (κ2) is 25.4. The van der Waals surface area contributed by atoms with Crippen LogP contribution in [0, 0.1) is 18.8 Å². The molecule has 0 radical (unpaired) electrons. The van der Waals surface area contributed by atoms with Crippen molar-refractivity contribution in [3.8, 4) is 17.2 Å². The Morgan fingerprint density at radius 1 is 0.694 bits per heavy atom. The van der Waals surface area contributed by atoms with Gasteiger partial charge in [-0.25, -0.2) is 0 Å². The number of Topliss-reactive ketones (excluding diaryl/α,β-unsaturated/α-hetero) is 2. The fourth-order valence-electron chi connectivity index (χ4n) is 12.4. The van der Waals surface area contributed by atoms with Crippen LogP contribution in [0.2, 0.25) is 0 Å². The van der Waals surface area contributed by atoms with Gasteiger partial charge in [0.05, 0.1) is 18.9 Å². The Morgan fingerprint density at radius 3 is 2.00 bits per heavy atom. The third-order valence-corrected chi connectivity index (χ3v) is 17.6. The zero-order valence-electron chi connectivity index (χ0n) is 48.0. The molecule has 5 aliphatic rings. The van der Waals surface area contributed by atoms with Gasteiger partial charge in [0.2, 0.25) is 11.8 Å². The van der Waals surface area contributed by atoms with Crippen molar-refractivity contribution in [1.82, 2.24) is 10.2 Å². The lowest BCUT2D eigenvalue weighted by Crippen LogP contribution is -2.43. The van der Waals surface area contributed by atoms with Crippen LogP contribution in [0.4, 0.5) is 17.1 Å². The Kier molecular flexibility index (Phi) is 17.8. The van der Waals surface area contributed by atoms with Crippen LogP contribution >= 0.6 is 0 Å². The Labute approximate surface area is 493 Å². The summed E-state index contributed by atoms with van der Waals surface area (Å²) >= 11 is 0. The number of ketones is 2. The first-order chi connectivity index (χ1) is 40.7. The van der Waals surface area contributed by atoms with Gasteiger partial charge in [-0.15, -0.1) is 0 Å². The molecule has 19 nitrogen and oxygen atoms in total. The normalized spacial score (nSPS) is 18.3. The van der Waals surface area contributed by atoms with Gasteiger partial charge in [-0.3, -0.25) is 47.8 Å². The lowest BCUT2D eigenvalue weighted by atomic mass is 9.91. The average Bonchev–Trinajstić information content (AvgIpc) is 1.80. The van der Waals surface area contributed by atoms with Crippen molar-refractivity contribution in [2.45, 2.75) is 129 Å². The van der Waals surface area contributed by atoms with E-state index < -0.39 is 57.5 Å². The monoisotopic (exact) mass is 1180 g/mol. The molecule has 5 heterocycles. The van der Waals surface area contributed by atoms with Crippen LogP contribution in [0.25, 0.3) is 0 Å². The predicted octanol–water partition coefficient (Wildman–Crippen LogP) is 8.18. The molecule has 10 rings (SSSR count). The van der Waals surface area contributed by atoms with E-state index in [1.165, 1.54) is 19.3 Å². The summed E-state index contributed by atoms with van der Waals surface area (Å²) in [6.07, 6.45) is 6.74. The molecule has 0 fully saturated rings. The number of aryl methyl sites for hydroxylation is 2. The number of nitrogens with one attached hydrogen (secondary N) is 2. The summed E-state index contributed by atoms with van der Waals surface area (Å²) in [5.74, 6) is -3.37. The predicted molar refractivity (Wildman–Crippen MR) is 316 cm³/mol. The standard InChI is InChI=1S/C65H69N5O14S/c1-38-24-51-43(19-20-49-30-44-12-5-8-16-53(44)69(49)64(51)77)32-57(38)83-35-41-26-42(36-84-59-33-46-29-47(37-85(79,80)81)55-31-45-13-6-9-17-54(45)70(55)65(78)52(46)34-58(59)82-4)28-48(27-41)67-63(76)39(2)25-56(72)40(3)66-60(73)18-10-7-14-50(71)15-11-23-68-61(74)21-22-62(68)75/h5-6,8-9,12-13,16-17,21-22,24,26-28,32-34,39-40,47,49,55H,7,10-11,14-15,18-20,23,25,29-31,35-37H2,1-4H3,(H,66,73)(H,67,76)(H,79,80,81)/t39-,40+,47?,49-,55+/m1/s1. The van der Waals surface area contributed by atoms with Gasteiger partial charge in [0.25, 0.3) is 33.7 Å². The van der Waals surface area contributed by atoms with Crippen molar-refractivity contribution in [1.29, 1.82) is 0 Å². The highest BCUT2D eigenvalue weighted by Crippen LogP contribution is 2.44. The molecule has 85 heavy (non-hydrogen) atoms. The quantitative estimate of drug-likeness (QED) is 0.0299. The number of anilines is 3. The van der Waals surface area contributed by atoms with E-state index in [4.69, 9.17) is 14.2 Å². The smallest absolute Gasteiger partial charge is 0.265 e. The molecular formula is C65H69N5O14S. The Morgan fingerprint density at radius 2 is 1.31 bits per heavy atom. The number of methoxy groups -OCH3 is 1. The Balaban J connectivity index is 0.823. The van der Waals surface area contributed by atoms with E-state index in [0.717, 1.165) is 45.7 Å². The lowest BCUT2D eigenvalue weighted by molar-refractivity contribution is -0.137. The van der Waals surface area contributed by atoms with Crippen molar-refractivity contribution < 1.29 is 65.5 Å². The first-order valence-electron chi connectivity index (χ1n) is 28.9. The molecule has 444 valence electrons. The largest absolute Gasteiger partial charge is 0.493 e. The van der Waals surface area contributed by atoms with Crippen LogP contribution in [-0.4, -0.2) is 102 Å². The van der Waals surface area contributed by atoms with E-state index in [-0.39, 0.29) is 98.7 Å². The van der Waals surface area contributed by atoms with Crippen LogP contribution in [0.5, 0.6) is 17.2 Å². The number of amides is 6. The van der Waals surface area contributed by atoms with Crippen molar-refractivity contribution in [3.63, 3.8) is 0 Å². The fraction of sp³-hybridized carbons (Fsp3) is 0.385. The van der Waals surface area contributed by atoms with Gasteiger partial charge in [0.15, 0.2) is 17.3 Å². The Hall–Kier alpha value is -8.49. The molecule has 0 spiro atoms. The minimum Gasteiger partial charge on any atom is -0.493 e. The molecular weight excluding hydrogens is 1110 g/mol. The van der Waals surface area contributed by atoms with Gasteiger partial charge in [0, 0.05) is 96.5 Å². The van der Waals surface area contributed by atoms with Crippen molar-refractivity contribution in [2.24, 2.45) is 11.8 Å². The zero-order valence-corrected chi connectivity index (χ0v) is 48.8. The van der Waals surface area contributed by atoms with E-state index in [1.807, 2.05) is 72.5 Å².